The number of benzene rings is 2. The molecule has 1 aliphatic heterocycles. The lowest BCUT2D eigenvalue weighted by molar-refractivity contribution is -0.137. The van der Waals surface area contributed by atoms with E-state index in [0.29, 0.717) is 11.0 Å². The lowest BCUT2D eigenvalue weighted by Gasteiger charge is -2.33. The number of hydrogen-bond donors (Lipinski definition) is 0. The van der Waals surface area contributed by atoms with Crippen LogP contribution in [0.25, 0.3) is 11.0 Å². The minimum atomic E-state index is -4.54. The number of halogens is 3. The van der Waals surface area contributed by atoms with E-state index in [-0.39, 0.29) is 42.7 Å². The highest BCUT2D eigenvalue weighted by Crippen LogP contribution is 2.30. The Bertz CT molecular complexity index is 1220. The number of fused-ring (bicyclic) bond motifs is 1. The van der Waals surface area contributed by atoms with E-state index < -0.39 is 21.8 Å². The number of alkyl halides is 3. The molecule has 2 aromatic carbocycles. The summed E-state index contributed by atoms with van der Waals surface area (Å²) in [6.07, 6.45) is -3.16. The predicted octanol–water partition coefficient (Wildman–Crippen LogP) is 2.80. The third kappa shape index (κ3) is 4.23. The summed E-state index contributed by atoms with van der Waals surface area (Å²) in [5.41, 5.74) is 0.486. The third-order valence-electron chi connectivity index (χ3n) is 5.01. The lowest BCUT2D eigenvalue weighted by Crippen LogP contribution is -2.50. The van der Waals surface area contributed by atoms with Crippen molar-refractivity contribution in [3.63, 3.8) is 0 Å². The van der Waals surface area contributed by atoms with Crippen molar-refractivity contribution in [1.82, 2.24) is 19.2 Å². The first-order valence-corrected chi connectivity index (χ1v) is 10.8. The molecule has 2 heterocycles. The molecule has 1 fully saturated rings. The number of sulfonamides is 1. The van der Waals surface area contributed by atoms with Crippen molar-refractivity contribution in [3.05, 3.63) is 66.0 Å². The number of piperazine rings is 1. The molecule has 0 saturated carbocycles. The number of rotatable bonds is 3. The Morgan fingerprint density at radius 3 is 2.13 bits per heavy atom. The van der Waals surface area contributed by atoms with Gasteiger partial charge in [-0.2, -0.15) is 17.5 Å². The molecule has 31 heavy (non-hydrogen) atoms. The van der Waals surface area contributed by atoms with Crippen LogP contribution < -0.4 is 0 Å². The maximum absolute atomic E-state index is 12.8. The van der Waals surface area contributed by atoms with Gasteiger partial charge in [-0.1, -0.05) is 12.1 Å². The number of nitrogens with zero attached hydrogens (tertiary/aromatic N) is 4. The van der Waals surface area contributed by atoms with Crippen LogP contribution in [0.1, 0.15) is 16.1 Å². The summed E-state index contributed by atoms with van der Waals surface area (Å²) < 4.78 is 64.8. The fourth-order valence-corrected chi connectivity index (χ4v) is 4.74. The first-order chi connectivity index (χ1) is 14.7. The normalized spacial score (nSPS) is 15.9. The second-order valence-corrected chi connectivity index (χ2v) is 8.90. The molecule has 0 N–H and O–H groups in total. The minimum Gasteiger partial charge on any atom is -0.335 e. The summed E-state index contributed by atoms with van der Waals surface area (Å²) in [5, 5.41) is 0. The first kappa shape index (κ1) is 21.2. The quantitative estimate of drug-likeness (QED) is 0.613. The molecule has 0 radical (unpaired) electrons. The van der Waals surface area contributed by atoms with E-state index in [1.807, 2.05) is 6.07 Å². The summed E-state index contributed by atoms with van der Waals surface area (Å²) in [4.78, 5) is 22.5. The van der Waals surface area contributed by atoms with Crippen LogP contribution in [0.4, 0.5) is 13.2 Å². The van der Waals surface area contributed by atoms with E-state index in [1.54, 1.807) is 18.2 Å². The number of hydrogen-bond acceptors (Lipinski definition) is 5. The van der Waals surface area contributed by atoms with E-state index in [1.165, 1.54) is 11.1 Å². The molecule has 0 bridgehead atoms. The van der Waals surface area contributed by atoms with Gasteiger partial charge in [0.15, 0.2) is 0 Å². The molecular weight excluding hydrogens is 433 g/mol. The van der Waals surface area contributed by atoms with Crippen LogP contribution in [0.2, 0.25) is 0 Å². The lowest BCUT2D eigenvalue weighted by atomic mass is 10.2. The van der Waals surface area contributed by atoms with Crippen molar-refractivity contribution in [2.45, 2.75) is 11.1 Å². The SMILES string of the molecule is O=C(c1cnc2ccccc2n1)N1CCN(S(=O)(=O)c2ccc(C(F)(F)F)cc2)CC1. The van der Waals surface area contributed by atoms with Crippen molar-refractivity contribution >= 4 is 27.0 Å². The monoisotopic (exact) mass is 450 g/mol. The second kappa shape index (κ2) is 7.89. The summed E-state index contributed by atoms with van der Waals surface area (Å²) in [7, 11) is -3.97. The molecule has 11 heteroatoms. The Labute approximate surface area is 176 Å². The molecule has 7 nitrogen and oxygen atoms in total. The fourth-order valence-electron chi connectivity index (χ4n) is 3.32. The number of para-hydroxylation sites is 2. The van der Waals surface area contributed by atoms with Gasteiger partial charge >= 0.3 is 6.18 Å². The van der Waals surface area contributed by atoms with Crippen molar-refractivity contribution in [2.24, 2.45) is 0 Å². The smallest absolute Gasteiger partial charge is 0.335 e. The average molecular weight is 450 g/mol. The van der Waals surface area contributed by atoms with Gasteiger partial charge in [-0.25, -0.2) is 13.4 Å². The van der Waals surface area contributed by atoms with E-state index in [2.05, 4.69) is 9.97 Å². The maximum atomic E-state index is 12.8. The molecule has 1 saturated heterocycles. The van der Waals surface area contributed by atoms with Crippen LogP contribution in [0.5, 0.6) is 0 Å². The highest BCUT2D eigenvalue weighted by atomic mass is 32.2. The van der Waals surface area contributed by atoms with Crippen molar-refractivity contribution in [1.29, 1.82) is 0 Å². The van der Waals surface area contributed by atoms with Crippen molar-refractivity contribution in [3.8, 4) is 0 Å². The molecule has 162 valence electrons. The van der Waals surface area contributed by atoms with Crippen molar-refractivity contribution < 1.29 is 26.4 Å². The van der Waals surface area contributed by atoms with Crippen LogP contribution in [0.3, 0.4) is 0 Å². The Hall–Kier alpha value is -3.05. The maximum Gasteiger partial charge on any atom is 0.416 e. The van der Waals surface area contributed by atoms with E-state index in [4.69, 9.17) is 0 Å². The van der Waals surface area contributed by atoms with Gasteiger partial charge in [0, 0.05) is 26.2 Å². The van der Waals surface area contributed by atoms with Crippen molar-refractivity contribution in [2.75, 3.05) is 26.2 Å². The van der Waals surface area contributed by atoms with Gasteiger partial charge in [-0.3, -0.25) is 9.78 Å². The molecule has 0 aliphatic carbocycles. The topological polar surface area (TPSA) is 83.5 Å². The Kier molecular flexibility index (Phi) is 5.40. The minimum absolute atomic E-state index is 0.0239. The second-order valence-electron chi connectivity index (χ2n) is 6.96. The Morgan fingerprint density at radius 2 is 1.52 bits per heavy atom. The summed E-state index contributed by atoms with van der Waals surface area (Å²) >= 11 is 0. The summed E-state index contributed by atoms with van der Waals surface area (Å²) in [5.74, 6) is -0.357. The van der Waals surface area contributed by atoms with Gasteiger partial charge in [0.2, 0.25) is 10.0 Å². The van der Waals surface area contributed by atoms with Crippen LogP contribution in [-0.2, 0) is 16.2 Å². The largest absolute Gasteiger partial charge is 0.416 e. The van der Waals surface area contributed by atoms with E-state index >= 15 is 0 Å². The van der Waals surface area contributed by atoms with Gasteiger partial charge in [-0.15, -0.1) is 0 Å². The molecular formula is C20H17F3N4O3S. The van der Waals surface area contributed by atoms with Gasteiger partial charge in [0.05, 0.1) is 27.7 Å². The van der Waals surface area contributed by atoms with Gasteiger partial charge < -0.3 is 4.90 Å². The van der Waals surface area contributed by atoms with Crippen LogP contribution >= 0.6 is 0 Å². The van der Waals surface area contributed by atoms with Gasteiger partial charge in [0.25, 0.3) is 5.91 Å². The molecule has 0 atom stereocenters. The highest BCUT2D eigenvalue weighted by Gasteiger charge is 2.33. The molecule has 0 unspecified atom stereocenters. The highest BCUT2D eigenvalue weighted by molar-refractivity contribution is 7.89. The summed E-state index contributed by atoms with van der Waals surface area (Å²) in [6.45, 7) is 0.312. The number of aromatic nitrogens is 2. The predicted molar refractivity (Wildman–Crippen MR) is 106 cm³/mol. The van der Waals surface area contributed by atoms with Crippen LogP contribution in [0, 0.1) is 0 Å². The van der Waals surface area contributed by atoms with Gasteiger partial charge in [0.1, 0.15) is 5.69 Å². The Morgan fingerprint density at radius 1 is 0.903 bits per heavy atom. The fraction of sp³-hybridized carbons (Fsp3) is 0.250. The zero-order chi connectivity index (χ0) is 22.2. The molecule has 0 spiro atoms. The number of amides is 1. The third-order valence-corrected chi connectivity index (χ3v) is 6.93. The van der Waals surface area contributed by atoms with Gasteiger partial charge in [-0.05, 0) is 36.4 Å². The molecule has 1 aromatic heterocycles. The zero-order valence-corrected chi connectivity index (χ0v) is 16.9. The van der Waals surface area contributed by atoms with E-state index in [0.717, 1.165) is 28.6 Å². The number of carbonyl (C=O) groups is 1. The Balaban J connectivity index is 1.45. The summed E-state index contributed by atoms with van der Waals surface area (Å²) in [6, 6.07) is 10.5. The standard InChI is InChI=1S/C20H17F3N4O3S/c21-20(22,23)14-5-7-15(8-6-14)31(29,30)27-11-9-26(10-12-27)19(28)18-13-24-16-3-1-2-4-17(16)25-18/h1-8,13H,9-12H2. The van der Waals surface area contributed by atoms with Crippen LogP contribution in [-0.4, -0.2) is 59.7 Å². The molecule has 3 aromatic rings. The molecule has 4 rings (SSSR count). The zero-order valence-electron chi connectivity index (χ0n) is 16.1. The molecule has 1 amide bonds. The van der Waals surface area contributed by atoms with Crippen LogP contribution in [0.15, 0.2) is 59.6 Å². The van der Waals surface area contributed by atoms with E-state index in [9.17, 15) is 26.4 Å². The average Bonchev–Trinajstić information content (AvgIpc) is 2.78. The number of carbonyl (C=O) groups excluding carboxylic acids is 1. The first-order valence-electron chi connectivity index (χ1n) is 9.35. The molecule has 1 aliphatic rings.